The number of thioether (sulfide) groups is 1. The molecule has 3 aromatic rings. The molecule has 0 spiro atoms. The molecule has 1 aromatic heterocycles. The summed E-state index contributed by atoms with van der Waals surface area (Å²) in [7, 11) is 0. The number of amides is 1. The number of alkyl halides is 3. The third-order valence-electron chi connectivity index (χ3n) is 5.38. The number of aromatic nitrogens is 2. The van der Waals surface area contributed by atoms with Crippen molar-refractivity contribution < 1.29 is 18.0 Å². The summed E-state index contributed by atoms with van der Waals surface area (Å²) in [5.74, 6) is 0.254. The summed E-state index contributed by atoms with van der Waals surface area (Å²) in [6.45, 7) is 3.96. The van der Waals surface area contributed by atoms with E-state index < -0.39 is 11.7 Å². The van der Waals surface area contributed by atoms with E-state index in [-0.39, 0.29) is 11.7 Å². The average molecular weight is 461 g/mol. The molecule has 0 saturated carbocycles. The van der Waals surface area contributed by atoms with Crippen LogP contribution in [0.3, 0.4) is 0 Å². The first-order chi connectivity index (χ1) is 15.3. The third-order valence-corrected chi connectivity index (χ3v) is 6.33. The first kappa shape index (κ1) is 22.3. The molecule has 9 heteroatoms. The number of anilines is 1. The number of hydrogen-bond acceptors (Lipinski definition) is 4. The second-order valence-corrected chi connectivity index (χ2v) is 8.57. The molecule has 0 aliphatic carbocycles. The molecule has 1 fully saturated rings. The summed E-state index contributed by atoms with van der Waals surface area (Å²) >= 11 is 1.38. The van der Waals surface area contributed by atoms with E-state index in [4.69, 9.17) is 0 Å². The van der Waals surface area contributed by atoms with Crippen molar-refractivity contribution in [3.05, 3.63) is 72.1 Å². The number of imidazole rings is 1. The highest BCUT2D eigenvalue weighted by Gasteiger charge is 2.31. The van der Waals surface area contributed by atoms with Gasteiger partial charge in [-0.3, -0.25) is 9.36 Å². The van der Waals surface area contributed by atoms with Gasteiger partial charge in [0, 0.05) is 49.9 Å². The van der Waals surface area contributed by atoms with Crippen LogP contribution in [-0.4, -0.2) is 52.3 Å². The predicted octanol–water partition coefficient (Wildman–Crippen LogP) is 4.64. The van der Waals surface area contributed by atoms with Crippen LogP contribution in [0, 0.1) is 6.92 Å². The van der Waals surface area contributed by atoms with Crippen LogP contribution in [0.15, 0.2) is 66.1 Å². The topological polar surface area (TPSA) is 41.4 Å². The third kappa shape index (κ3) is 5.09. The zero-order chi connectivity index (χ0) is 22.7. The van der Waals surface area contributed by atoms with E-state index in [2.05, 4.69) is 11.1 Å². The smallest absolute Gasteiger partial charge is 0.368 e. The Balaban J connectivity index is 1.33. The highest BCUT2D eigenvalue weighted by atomic mass is 32.2. The van der Waals surface area contributed by atoms with Gasteiger partial charge in [0.1, 0.15) is 0 Å². The van der Waals surface area contributed by atoms with Crippen molar-refractivity contribution >= 4 is 23.4 Å². The molecule has 5 nitrogen and oxygen atoms in total. The molecule has 1 saturated heterocycles. The first-order valence-corrected chi connectivity index (χ1v) is 11.2. The quantitative estimate of drug-likeness (QED) is 0.520. The molecule has 168 valence electrons. The molecular formula is C23H23F3N4OS. The van der Waals surface area contributed by atoms with E-state index >= 15 is 0 Å². The van der Waals surface area contributed by atoms with Crippen molar-refractivity contribution in [1.29, 1.82) is 0 Å². The average Bonchev–Trinajstić information content (AvgIpc) is 3.26. The fourth-order valence-electron chi connectivity index (χ4n) is 3.68. The maximum Gasteiger partial charge on any atom is 0.416 e. The largest absolute Gasteiger partial charge is 0.416 e. The van der Waals surface area contributed by atoms with Crippen LogP contribution in [-0.2, 0) is 11.0 Å². The van der Waals surface area contributed by atoms with Gasteiger partial charge < -0.3 is 9.80 Å². The summed E-state index contributed by atoms with van der Waals surface area (Å²) < 4.78 is 40.9. The lowest BCUT2D eigenvalue weighted by Gasteiger charge is -2.36. The Morgan fingerprint density at radius 3 is 2.47 bits per heavy atom. The second-order valence-electron chi connectivity index (χ2n) is 7.62. The van der Waals surface area contributed by atoms with Gasteiger partial charge in [-0.15, -0.1) is 0 Å². The van der Waals surface area contributed by atoms with Gasteiger partial charge in [-0.2, -0.15) is 13.2 Å². The van der Waals surface area contributed by atoms with Crippen molar-refractivity contribution in [2.75, 3.05) is 36.8 Å². The van der Waals surface area contributed by atoms with Gasteiger partial charge in [0.2, 0.25) is 5.91 Å². The number of hydrogen-bond donors (Lipinski definition) is 0. The van der Waals surface area contributed by atoms with Gasteiger partial charge in [0.25, 0.3) is 0 Å². The Labute approximate surface area is 188 Å². The lowest BCUT2D eigenvalue weighted by Crippen LogP contribution is -2.49. The maximum atomic E-state index is 13.0. The Kier molecular flexibility index (Phi) is 6.45. The van der Waals surface area contributed by atoms with Crippen LogP contribution < -0.4 is 4.90 Å². The van der Waals surface area contributed by atoms with E-state index in [1.54, 1.807) is 17.2 Å². The molecule has 0 bridgehead atoms. The Hall–Kier alpha value is -2.94. The normalized spacial score (nSPS) is 14.6. The number of carbonyl (C=O) groups is 1. The molecule has 0 radical (unpaired) electrons. The van der Waals surface area contributed by atoms with Crippen molar-refractivity contribution in [2.45, 2.75) is 18.3 Å². The second kappa shape index (κ2) is 9.28. The Morgan fingerprint density at radius 2 is 1.75 bits per heavy atom. The lowest BCUT2D eigenvalue weighted by molar-refractivity contribution is -0.137. The standard InChI is InChI=1S/C23H23F3N4OS/c1-17-4-2-7-20(14-17)30-9-8-27-22(30)32-16-21(31)29-12-10-28(11-13-29)19-6-3-5-18(15-19)23(24,25)26/h2-9,14-15H,10-13,16H2,1H3. The minimum Gasteiger partial charge on any atom is -0.368 e. The van der Waals surface area contributed by atoms with Gasteiger partial charge in [0.05, 0.1) is 11.3 Å². The Morgan fingerprint density at radius 1 is 1.03 bits per heavy atom. The zero-order valence-corrected chi connectivity index (χ0v) is 18.4. The molecule has 2 aromatic carbocycles. The van der Waals surface area contributed by atoms with Gasteiger partial charge in [-0.05, 0) is 42.8 Å². The summed E-state index contributed by atoms with van der Waals surface area (Å²) in [5.41, 5.74) is 2.00. The van der Waals surface area contributed by atoms with E-state index in [1.165, 1.54) is 23.9 Å². The van der Waals surface area contributed by atoms with Crippen LogP contribution >= 0.6 is 11.8 Å². The predicted molar refractivity (Wildman–Crippen MR) is 119 cm³/mol. The fourth-order valence-corrected chi connectivity index (χ4v) is 4.56. The summed E-state index contributed by atoms with van der Waals surface area (Å²) in [6.07, 6.45) is -0.784. The molecule has 1 aliphatic heterocycles. The molecule has 32 heavy (non-hydrogen) atoms. The SMILES string of the molecule is Cc1cccc(-n2ccnc2SCC(=O)N2CCN(c3cccc(C(F)(F)F)c3)CC2)c1. The van der Waals surface area contributed by atoms with Crippen LogP contribution in [0.25, 0.3) is 5.69 Å². The van der Waals surface area contributed by atoms with Gasteiger partial charge in [-0.25, -0.2) is 4.98 Å². The fraction of sp³-hybridized carbons (Fsp3) is 0.304. The Bertz CT molecular complexity index is 1090. The van der Waals surface area contributed by atoms with Crippen LogP contribution in [0.5, 0.6) is 0 Å². The van der Waals surface area contributed by atoms with Gasteiger partial charge >= 0.3 is 6.18 Å². The number of piperazine rings is 1. The number of carbonyl (C=O) groups excluding carboxylic acids is 1. The molecule has 4 rings (SSSR count). The molecule has 2 heterocycles. The number of aryl methyl sites for hydroxylation is 1. The van der Waals surface area contributed by atoms with Gasteiger partial charge in [0.15, 0.2) is 5.16 Å². The highest BCUT2D eigenvalue weighted by molar-refractivity contribution is 7.99. The first-order valence-electron chi connectivity index (χ1n) is 10.2. The number of rotatable bonds is 5. The molecule has 0 N–H and O–H groups in total. The minimum absolute atomic E-state index is 0.00233. The van der Waals surface area contributed by atoms with Crippen molar-refractivity contribution in [3.8, 4) is 5.69 Å². The number of halogens is 3. The number of nitrogens with zero attached hydrogens (tertiary/aromatic N) is 4. The maximum absolute atomic E-state index is 13.0. The van der Waals surface area contributed by atoms with E-state index in [0.717, 1.165) is 22.5 Å². The van der Waals surface area contributed by atoms with Crippen molar-refractivity contribution in [1.82, 2.24) is 14.5 Å². The van der Waals surface area contributed by atoms with Crippen molar-refractivity contribution in [3.63, 3.8) is 0 Å². The monoisotopic (exact) mass is 460 g/mol. The molecule has 0 atom stereocenters. The molecular weight excluding hydrogens is 437 g/mol. The molecule has 0 unspecified atom stereocenters. The van der Waals surface area contributed by atoms with Crippen LogP contribution in [0.1, 0.15) is 11.1 Å². The van der Waals surface area contributed by atoms with Crippen LogP contribution in [0.4, 0.5) is 18.9 Å². The lowest BCUT2D eigenvalue weighted by atomic mass is 10.1. The summed E-state index contributed by atoms with van der Waals surface area (Å²) in [6, 6.07) is 13.4. The zero-order valence-electron chi connectivity index (χ0n) is 17.5. The summed E-state index contributed by atoms with van der Waals surface area (Å²) in [4.78, 5) is 20.7. The number of benzene rings is 2. The van der Waals surface area contributed by atoms with E-state index in [0.29, 0.717) is 31.9 Å². The highest BCUT2D eigenvalue weighted by Crippen LogP contribution is 2.32. The molecule has 1 aliphatic rings. The van der Waals surface area contributed by atoms with Crippen molar-refractivity contribution in [2.24, 2.45) is 0 Å². The van der Waals surface area contributed by atoms with E-state index in [9.17, 15) is 18.0 Å². The minimum atomic E-state index is -4.37. The van der Waals surface area contributed by atoms with E-state index in [1.807, 2.05) is 40.8 Å². The summed E-state index contributed by atoms with van der Waals surface area (Å²) in [5, 5.41) is 0.742. The van der Waals surface area contributed by atoms with Gasteiger partial charge in [-0.1, -0.05) is 30.0 Å². The van der Waals surface area contributed by atoms with Crippen LogP contribution in [0.2, 0.25) is 0 Å². The molecule has 1 amide bonds.